The minimum atomic E-state index is -0.389. The van der Waals surface area contributed by atoms with Gasteiger partial charge in [-0.15, -0.1) is 11.3 Å². The van der Waals surface area contributed by atoms with E-state index in [-0.39, 0.29) is 29.6 Å². The molecule has 0 radical (unpaired) electrons. The van der Waals surface area contributed by atoms with E-state index in [2.05, 4.69) is 5.32 Å². The molecule has 2 atom stereocenters. The number of anilines is 1. The maximum absolute atomic E-state index is 13.8. The molecule has 1 aliphatic rings. The summed E-state index contributed by atoms with van der Waals surface area (Å²) in [6, 6.07) is 4.82. The van der Waals surface area contributed by atoms with E-state index < -0.39 is 0 Å². The van der Waals surface area contributed by atoms with Gasteiger partial charge in [0.25, 0.3) is 5.91 Å². The van der Waals surface area contributed by atoms with Crippen LogP contribution >= 0.6 is 11.3 Å². The third-order valence-corrected chi connectivity index (χ3v) is 4.90. The number of hydrogen-bond donors (Lipinski definition) is 2. The van der Waals surface area contributed by atoms with Crippen molar-refractivity contribution < 1.29 is 13.9 Å². The maximum atomic E-state index is 13.8. The Bertz CT molecular complexity index is 686. The number of rotatable bonds is 2. The van der Waals surface area contributed by atoms with Gasteiger partial charge in [0.15, 0.2) is 0 Å². The predicted octanol–water partition coefficient (Wildman–Crippen LogP) is 2.92. The van der Waals surface area contributed by atoms with Crippen molar-refractivity contribution in [3.8, 4) is 0 Å². The summed E-state index contributed by atoms with van der Waals surface area (Å²) in [5, 5.41) is 3.32. The molecule has 3 N–H and O–H groups in total. The largest absolute Gasteiger partial charge is 0.397 e. The Morgan fingerprint density at radius 2 is 2.33 bits per heavy atom. The van der Waals surface area contributed by atoms with Gasteiger partial charge in [-0.3, -0.25) is 4.79 Å². The van der Waals surface area contributed by atoms with E-state index in [4.69, 9.17) is 10.5 Å². The monoisotopic (exact) mass is 308 g/mol. The molecule has 0 spiro atoms. The standard InChI is InChI=1S/C15H17FN2O2S/c1-8-7-9(5-6-20-8)18-15(19)14-13(17)12-10(16)3-2-4-11(12)21-14/h2-4,8-9H,5-7,17H2,1H3,(H,18,19). The van der Waals surface area contributed by atoms with Gasteiger partial charge in [0, 0.05) is 17.3 Å². The fraction of sp³-hybridized carbons (Fsp3) is 0.400. The Balaban J connectivity index is 1.85. The molecule has 1 aromatic carbocycles. The van der Waals surface area contributed by atoms with Crippen LogP contribution in [0.1, 0.15) is 29.4 Å². The van der Waals surface area contributed by atoms with E-state index in [1.54, 1.807) is 12.1 Å². The highest BCUT2D eigenvalue weighted by atomic mass is 32.1. The van der Waals surface area contributed by atoms with Gasteiger partial charge in [0.2, 0.25) is 0 Å². The molecule has 1 aromatic heterocycles. The smallest absolute Gasteiger partial charge is 0.263 e. The van der Waals surface area contributed by atoms with Crippen LogP contribution in [-0.4, -0.2) is 24.7 Å². The van der Waals surface area contributed by atoms with E-state index in [1.807, 2.05) is 6.92 Å². The van der Waals surface area contributed by atoms with Gasteiger partial charge in [-0.2, -0.15) is 0 Å². The lowest BCUT2D eigenvalue weighted by Crippen LogP contribution is -2.41. The molecule has 0 saturated carbocycles. The Morgan fingerprint density at radius 3 is 3.05 bits per heavy atom. The molecule has 2 heterocycles. The lowest BCUT2D eigenvalue weighted by Gasteiger charge is -2.27. The van der Waals surface area contributed by atoms with Crippen LogP contribution in [0.3, 0.4) is 0 Å². The second-order valence-electron chi connectivity index (χ2n) is 5.33. The quantitative estimate of drug-likeness (QED) is 0.896. The molecule has 1 amide bonds. The average molecular weight is 308 g/mol. The number of nitrogens with one attached hydrogen (secondary N) is 1. The first-order valence-corrected chi connectivity index (χ1v) is 7.77. The minimum absolute atomic E-state index is 0.0794. The van der Waals surface area contributed by atoms with Crippen LogP contribution in [0.15, 0.2) is 18.2 Å². The van der Waals surface area contributed by atoms with Gasteiger partial charge in [-0.1, -0.05) is 6.07 Å². The highest BCUT2D eigenvalue weighted by Gasteiger charge is 2.24. The molecular formula is C15H17FN2O2S. The van der Waals surface area contributed by atoms with Crippen molar-refractivity contribution in [1.29, 1.82) is 0 Å². The van der Waals surface area contributed by atoms with Crippen LogP contribution in [0.2, 0.25) is 0 Å². The molecule has 6 heteroatoms. The number of thiophene rings is 1. The van der Waals surface area contributed by atoms with E-state index in [9.17, 15) is 9.18 Å². The summed E-state index contributed by atoms with van der Waals surface area (Å²) in [6.07, 6.45) is 1.71. The summed E-state index contributed by atoms with van der Waals surface area (Å²) in [5.74, 6) is -0.618. The van der Waals surface area contributed by atoms with Gasteiger partial charge in [0.05, 0.1) is 17.2 Å². The topological polar surface area (TPSA) is 64.4 Å². The fourth-order valence-corrected chi connectivity index (χ4v) is 3.72. The van der Waals surface area contributed by atoms with Crippen molar-refractivity contribution in [1.82, 2.24) is 5.32 Å². The number of ether oxygens (including phenoxy) is 1. The van der Waals surface area contributed by atoms with Gasteiger partial charge >= 0.3 is 0 Å². The molecular weight excluding hydrogens is 291 g/mol. The molecule has 2 aromatic rings. The first-order valence-electron chi connectivity index (χ1n) is 6.95. The minimum Gasteiger partial charge on any atom is -0.397 e. The summed E-state index contributed by atoms with van der Waals surface area (Å²) in [7, 11) is 0. The first kappa shape index (κ1) is 14.3. The number of fused-ring (bicyclic) bond motifs is 1. The zero-order valence-electron chi connectivity index (χ0n) is 11.7. The number of benzene rings is 1. The second-order valence-corrected chi connectivity index (χ2v) is 6.39. The number of amides is 1. The van der Waals surface area contributed by atoms with E-state index in [1.165, 1.54) is 17.4 Å². The Hall–Kier alpha value is -1.66. The second kappa shape index (κ2) is 5.61. The molecule has 21 heavy (non-hydrogen) atoms. The molecule has 4 nitrogen and oxygen atoms in total. The third-order valence-electron chi connectivity index (χ3n) is 3.73. The van der Waals surface area contributed by atoms with E-state index >= 15 is 0 Å². The highest BCUT2D eigenvalue weighted by molar-refractivity contribution is 7.21. The predicted molar refractivity (Wildman–Crippen MR) is 82.1 cm³/mol. The molecule has 1 aliphatic heterocycles. The molecule has 3 rings (SSSR count). The lowest BCUT2D eigenvalue weighted by molar-refractivity contribution is 0.0137. The molecule has 112 valence electrons. The van der Waals surface area contributed by atoms with Crippen molar-refractivity contribution in [3.05, 3.63) is 28.9 Å². The van der Waals surface area contributed by atoms with Crippen LogP contribution in [-0.2, 0) is 4.74 Å². The number of carbonyl (C=O) groups excluding carboxylic acids is 1. The van der Waals surface area contributed by atoms with Gasteiger partial charge in [-0.25, -0.2) is 4.39 Å². The SMILES string of the molecule is CC1CC(NC(=O)c2sc3cccc(F)c3c2N)CCO1. The van der Waals surface area contributed by atoms with Crippen LogP contribution in [0, 0.1) is 5.82 Å². The number of nitrogen functional groups attached to an aromatic ring is 1. The normalized spacial score (nSPS) is 22.4. The number of carbonyl (C=O) groups is 1. The summed E-state index contributed by atoms with van der Waals surface area (Å²) < 4.78 is 20.0. The number of hydrogen-bond acceptors (Lipinski definition) is 4. The first-order chi connectivity index (χ1) is 10.1. The Morgan fingerprint density at radius 1 is 1.52 bits per heavy atom. The highest BCUT2D eigenvalue weighted by Crippen LogP contribution is 2.35. The van der Waals surface area contributed by atoms with E-state index in [0.29, 0.717) is 21.6 Å². The lowest BCUT2D eigenvalue weighted by atomic mass is 10.0. The van der Waals surface area contributed by atoms with Crippen molar-refractivity contribution in [3.63, 3.8) is 0 Å². The summed E-state index contributed by atoms with van der Waals surface area (Å²) in [5.41, 5.74) is 6.19. The van der Waals surface area contributed by atoms with Crippen molar-refractivity contribution in [2.75, 3.05) is 12.3 Å². The van der Waals surface area contributed by atoms with Gasteiger partial charge < -0.3 is 15.8 Å². The molecule has 0 aliphatic carbocycles. The Kier molecular flexibility index (Phi) is 3.82. The van der Waals surface area contributed by atoms with E-state index in [0.717, 1.165) is 12.8 Å². The third kappa shape index (κ3) is 2.73. The van der Waals surface area contributed by atoms with Gasteiger partial charge in [0.1, 0.15) is 10.7 Å². The Labute approximate surface area is 126 Å². The van der Waals surface area contributed by atoms with Crippen molar-refractivity contribution in [2.24, 2.45) is 0 Å². The average Bonchev–Trinajstić information content (AvgIpc) is 2.77. The summed E-state index contributed by atoms with van der Waals surface area (Å²) in [4.78, 5) is 12.8. The van der Waals surface area contributed by atoms with Crippen molar-refractivity contribution >= 4 is 33.0 Å². The van der Waals surface area contributed by atoms with Gasteiger partial charge in [-0.05, 0) is 31.9 Å². The molecule has 2 unspecified atom stereocenters. The zero-order valence-corrected chi connectivity index (χ0v) is 12.5. The number of halogens is 1. The maximum Gasteiger partial charge on any atom is 0.263 e. The molecule has 1 fully saturated rings. The van der Waals surface area contributed by atoms with Crippen molar-refractivity contribution in [2.45, 2.75) is 31.9 Å². The van der Waals surface area contributed by atoms with Crippen LogP contribution < -0.4 is 11.1 Å². The van der Waals surface area contributed by atoms with Crippen LogP contribution in [0.5, 0.6) is 0 Å². The molecule has 1 saturated heterocycles. The summed E-state index contributed by atoms with van der Waals surface area (Å²) >= 11 is 1.23. The molecule has 0 bridgehead atoms. The van der Waals surface area contributed by atoms with Crippen LogP contribution in [0.25, 0.3) is 10.1 Å². The number of nitrogens with two attached hydrogens (primary N) is 1. The summed E-state index contributed by atoms with van der Waals surface area (Å²) in [6.45, 7) is 2.63. The fourth-order valence-electron chi connectivity index (χ4n) is 2.68. The van der Waals surface area contributed by atoms with Crippen LogP contribution in [0.4, 0.5) is 10.1 Å². The zero-order chi connectivity index (χ0) is 15.0.